The standard InChI is InChI=1S/C23H21F3N2O5/c24-23(25,26)15-3-5-17-14(2-1-8-32-20(17)11-15)10-21(30)27-16-4-6-19-18(12-16)28(7-9-33-19)22(31)13-29/h3-6,10-12,29H,1-2,7-9,13H2,(H,27,30)/b14-10+. The van der Waals surface area contributed by atoms with Gasteiger partial charge in [-0.15, -0.1) is 0 Å². The van der Waals surface area contributed by atoms with Crippen LogP contribution in [0.15, 0.2) is 42.5 Å². The van der Waals surface area contributed by atoms with Crippen LogP contribution >= 0.6 is 0 Å². The van der Waals surface area contributed by atoms with Crippen molar-refractivity contribution in [3.05, 3.63) is 53.6 Å². The first-order chi connectivity index (χ1) is 15.8. The molecule has 0 aliphatic carbocycles. The Bertz CT molecular complexity index is 1110. The number of ether oxygens (including phenoxy) is 2. The van der Waals surface area contributed by atoms with E-state index in [2.05, 4.69) is 5.32 Å². The number of allylic oxidation sites excluding steroid dienone is 1. The molecular formula is C23H21F3N2O5. The van der Waals surface area contributed by atoms with Crippen LogP contribution < -0.4 is 19.7 Å². The fourth-order valence-corrected chi connectivity index (χ4v) is 3.79. The van der Waals surface area contributed by atoms with E-state index < -0.39 is 30.2 Å². The van der Waals surface area contributed by atoms with Crippen molar-refractivity contribution in [2.24, 2.45) is 0 Å². The fraction of sp³-hybridized carbons (Fsp3) is 0.304. The van der Waals surface area contributed by atoms with E-state index in [1.807, 2.05) is 0 Å². The summed E-state index contributed by atoms with van der Waals surface area (Å²) in [4.78, 5) is 26.1. The van der Waals surface area contributed by atoms with Crippen molar-refractivity contribution in [2.75, 3.05) is 36.6 Å². The van der Waals surface area contributed by atoms with Crippen LogP contribution in [-0.2, 0) is 15.8 Å². The van der Waals surface area contributed by atoms with E-state index in [1.165, 1.54) is 17.0 Å². The number of nitrogens with one attached hydrogen (secondary N) is 1. The van der Waals surface area contributed by atoms with Crippen molar-refractivity contribution < 1.29 is 37.3 Å². The Kier molecular flexibility index (Phi) is 6.28. The molecule has 7 nitrogen and oxygen atoms in total. The summed E-state index contributed by atoms with van der Waals surface area (Å²) in [5.41, 5.74) is 1.01. The number of hydrogen-bond acceptors (Lipinski definition) is 5. The van der Waals surface area contributed by atoms with Crippen molar-refractivity contribution in [1.82, 2.24) is 0 Å². The van der Waals surface area contributed by atoms with Gasteiger partial charge in [-0.2, -0.15) is 13.2 Å². The van der Waals surface area contributed by atoms with Crippen LogP contribution in [0, 0.1) is 0 Å². The van der Waals surface area contributed by atoms with E-state index >= 15 is 0 Å². The SMILES string of the molecule is O=C(/C=C1\CCCOc2cc(C(F)(F)F)ccc21)Nc1ccc2c(c1)N(C(=O)CO)CCO2. The monoisotopic (exact) mass is 462 g/mol. The minimum Gasteiger partial charge on any atom is -0.493 e. The van der Waals surface area contributed by atoms with Crippen molar-refractivity contribution in [2.45, 2.75) is 19.0 Å². The molecule has 0 radical (unpaired) electrons. The zero-order chi connectivity index (χ0) is 23.6. The predicted octanol–water partition coefficient (Wildman–Crippen LogP) is 3.62. The van der Waals surface area contributed by atoms with Crippen LogP contribution in [0.1, 0.15) is 24.0 Å². The molecule has 2 aromatic rings. The van der Waals surface area contributed by atoms with Gasteiger partial charge in [0.25, 0.3) is 5.91 Å². The summed E-state index contributed by atoms with van der Waals surface area (Å²) >= 11 is 0. The molecule has 2 N–H and O–H groups in total. The van der Waals surface area contributed by atoms with Crippen LogP contribution in [0.3, 0.4) is 0 Å². The summed E-state index contributed by atoms with van der Waals surface area (Å²) in [6.45, 7) is 0.144. The Morgan fingerprint density at radius 3 is 2.64 bits per heavy atom. The van der Waals surface area contributed by atoms with Gasteiger partial charge in [-0.25, -0.2) is 0 Å². The van der Waals surface area contributed by atoms with Gasteiger partial charge in [0, 0.05) is 17.3 Å². The molecule has 0 saturated carbocycles. The van der Waals surface area contributed by atoms with E-state index in [-0.39, 0.29) is 25.5 Å². The summed E-state index contributed by atoms with van der Waals surface area (Å²) in [5.74, 6) is -0.423. The zero-order valence-electron chi connectivity index (χ0n) is 17.4. The van der Waals surface area contributed by atoms with Crippen molar-refractivity contribution in [3.8, 4) is 11.5 Å². The Morgan fingerprint density at radius 2 is 1.88 bits per heavy atom. The quantitative estimate of drug-likeness (QED) is 0.681. The highest BCUT2D eigenvalue weighted by molar-refractivity contribution is 6.05. The van der Waals surface area contributed by atoms with E-state index in [0.717, 1.165) is 12.1 Å². The largest absolute Gasteiger partial charge is 0.493 e. The maximum Gasteiger partial charge on any atom is 0.416 e. The number of nitrogens with zero attached hydrogens (tertiary/aromatic N) is 1. The molecule has 0 fully saturated rings. The van der Waals surface area contributed by atoms with Gasteiger partial charge in [0.15, 0.2) is 0 Å². The molecule has 4 rings (SSSR count). The second-order valence-electron chi connectivity index (χ2n) is 7.55. The third-order valence-corrected chi connectivity index (χ3v) is 5.33. The summed E-state index contributed by atoms with van der Waals surface area (Å²) in [7, 11) is 0. The van der Waals surface area contributed by atoms with Crippen molar-refractivity contribution >= 4 is 28.8 Å². The fourth-order valence-electron chi connectivity index (χ4n) is 3.79. The number of carbonyl (C=O) groups is 2. The molecule has 0 aromatic heterocycles. The maximum absolute atomic E-state index is 13.0. The number of alkyl halides is 3. The first kappa shape index (κ1) is 22.7. The van der Waals surface area contributed by atoms with Crippen molar-refractivity contribution in [1.29, 1.82) is 0 Å². The first-order valence-corrected chi connectivity index (χ1v) is 10.3. The Balaban J connectivity index is 1.58. The third-order valence-electron chi connectivity index (χ3n) is 5.33. The number of halogens is 3. The normalized spacial score (nSPS) is 16.7. The maximum atomic E-state index is 13.0. The summed E-state index contributed by atoms with van der Waals surface area (Å²) in [6, 6.07) is 8.03. The first-order valence-electron chi connectivity index (χ1n) is 10.3. The van der Waals surface area contributed by atoms with Crippen LogP contribution in [0.2, 0.25) is 0 Å². The molecule has 2 heterocycles. The van der Waals surface area contributed by atoms with Gasteiger partial charge in [0.05, 0.1) is 24.4 Å². The van der Waals surface area contributed by atoms with Gasteiger partial charge in [0.2, 0.25) is 5.91 Å². The van der Waals surface area contributed by atoms with E-state index in [0.29, 0.717) is 41.1 Å². The lowest BCUT2D eigenvalue weighted by Gasteiger charge is -2.29. The average molecular weight is 462 g/mol. The molecule has 0 atom stereocenters. The number of anilines is 2. The third kappa shape index (κ3) is 4.95. The molecular weight excluding hydrogens is 441 g/mol. The summed E-state index contributed by atoms with van der Waals surface area (Å²) < 4.78 is 50.1. The molecule has 174 valence electrons. The highest BCUT2D eigenvalue weighted by atomic mass is 19.4. The number of hydrogen-bond donors (Lipinski definition) is 2. The number of fused-ring (bicyclic) bond motifs is 2. The van der Waals surface area contributed by atoms with Gasteiger partial charge < -0.3 is 24.8 Å². The smallest absolute Gasteiger partial charge is 0.416 e. The topological polar surface area (TPSA) is 88.1 Å². The number of amides is 2. The number of carbonyl (C=O) groups excluding carboxylic acids is 2. The van der Waals surface area contributed by atoms with E-state index in [4.69, 9.17) is 9.47 Å². The lowest BCUT2D eigenvalue weighted by molar-refractivity contribution is -0.137. The van der Waals surface area contributed by atoms with E-state index in [9.17, 15) is 27.9 Å². The number of benzene rings is 2. The second-order valence-corrected chi connectivity index (χ2v) is 7.55. The molecule has 2 amide bonds. The summed E-state index contributed by atoms with van der Waals surface area (Å²) in [5, 5.41) is 11.9. The Morgan fingerprint density at radius 1 is 1.09 bits per heavy atom. The zero-order valence-corrected chi connectivity index (χ0v) is 17.4. The van der Waals surface area contributed by atoms with Crippen molar-refractivity contribution in [3.63, 3.8) is 0 Å². The average Bonchev–Trinajstić information content (AvgIpc) is 2.99. The molecule has 2 aromatic carbocycles. The molecule has 0 spiro atoms. The van der Waals surface area contributed by atoms with Gasteiger partial charge in [-0.3, -0.25) is 9.59 Å². The number of rotatable bonds is 3. The molecule has 2 aliphatic rings. The molecule has 2 aliphatic heterocycles. The van der Waals surface area contributed by atoms with Crippen LogP contribution in [0.25, 0.3) is 5.57 Å². The lowest BCUT2D eigenvalue weighted by atomic mass is 9.99. The van der Waals surface area contributed by atoms with Gasteiger partial charge >= 0.3 is 6.18 Å². The lowest BCUT2D eigenvalue weighted by Crippen LogP contribution is -2.39. The van der Waals surface area contributed by atoms with Gasteiger partial charge in [0.1, 0.15) is 24.7 Å². The molecule has 0 bridgehead atoms. The number of aliphatic hydroxyl groups excluding tert-OH is 1. The van der Waals surface area contributed by atoms with Crippen LogP contribution in [0.4, 0.5) is 24.5 Å². The highest BCUT2D eigenvalue weighted by Crippen LogP contribution is 2.38. The van der Waals surface area contributed by atoms with Gasteiger partial charge in [-0.05, 0) is 48.7 Å². The minimum atomic E-state index is -4.49. The van der Waals surface area contributed by atoms with Gasteiger partial charge in [-0.1, -0.05) is 6.07 Å². The highest BCUT2D eigenvalue weighted by Gasteiger charge is 2.32. The minimum absolute atomic E-state index is 0.0884. The second kappa shape index (κ2) is 9.14. The van der Waals surface area contributed by atoms with Crippen LogP contribution in [0.5, 0.6) is 11.5 Å². The molecule has 0 unspecified atom stereocenters. The molecule has 10 heteroatoms. The van der Waals surface area contributed by atoms with E-state index in [1.54, 1.807) is 18.2 Å². The summed E-state index contributed by atoms with van der Waals surface area (Å²) in [6.07, 6.45) is -2.15. The molecule has 0 saturated heterocycles. The predicted molar refractivity (Wildman–Crippen MR) is 114 cm³/mol. The van der Waals surface area contributed by atoms with Crippen LogP contribution in [-0.4, -0.2) is 43.3 Å². The Hall–Kier alpha value is -3.53. The Labute approximate surface area is 187 Å². The molecule has 33 heavy (non-hydrogen) atoms. The number of aliphatic hydroxyl groups is 1.